The molecule has 0 bridgehead atoms. The first-order valence-corrected chi connectivity index (χ1v) is 9.64. The second kappa shape index (κ2) is 7.15. The highest BCUT2D eigenvalue weighted by atomic mass is 16.6. The van der Waals surface area contributed by atoms with Crippen molar-refractivity contribution in [2.75, 3.05) is 20.7 Å². The van der Waals surface area contributed by atoms with E-state index in [0.717, 1.165) is 35.3 Å². The summed E-state index contributed by atoms with van der Waals surface area (Å²) in [5, 5.41) is 2.78. The lowest BCUT2D eigenvalue weighted by molar-refractivity contribution is -0.123. The van der Waals surface area contributed by atoms with Crippen LogP contribution < -0.4 is 5.32 Å². The van der Waals surface area contributed by atoms with E-state index in [1.54, 1.807) is 12.0 Å². The van der Waals surface area contributed by atoms with Crippen molar-refractivity contribution in [3.8, 4) is 0 Å². The molecule has 0 aromatic heterocycles. The van der Waals surface area contributed by atoms with E-state index in [0.29, 0.717) is 6.54 Å². The molecule has 2 aliphatic carbocycles. The molecular weight excluding hydrogens is 344 g/mol. The van der Waals surface area contributed by atoms with Crippen molar-refractivity contribution >= 4 is 12.0 Å². The molecule has 6 heteroatoms. The second-order valence-electron chi connectivity index (χ2n) is 8.00. The van der Waals surface area contributed by atoms with Gasteiger partial charge in [0.15, 0.2) is 0 Å². The first-order chi connectivity index (χ1) is 12.7. The molecule has 1 aliphatic heterocycles. The zero-order valence-electron chi connectivity index (χ0n) is 17.1. The van der Waals surface area contributed by atoms with Gasteiger partial charge in [-0.25, -0.2) is 4.79 Å². The van der Waals surface area contributed by atoms with Crippen LogP contribution >= 0.6 is 0 Å². The molecule has 0 saturated heterocycles. The molecular formula is C21H30N2O4. The molecule has 6 nitrogen and oxygen atoms in total. The average Bonchev–Trinajstić information content (AvgIpc) is 2.85. The van der Waals surface area contributed by atoms with Gasteiger partial charge < -0.3 is 19.7 Å². The lowest BCUT2D eigenvalue weighted by Gasteiger charge is -2.48. The van der Waals surface area contributed by atoms with Crippen molar-refractivity contribution in [1.82, 2.24) is 10.2 Å². The molecule has 0 radical (unpaired) electrons. The second-order valence-corrected chi connectivity index (χ2v) is 8.00. The zero-order valence-corrected chi connectivity index (χ0v) is 17.1. The number of nitrogens with one attached hydrogen (secondary N) is 1. The summed E-state index contributed by atoms with van der Waals surface area (Å²) >= 11 is 0. The fourth-order valence-corrected chi connectivity index (χ4v) is 4.42. The molecule has 3 aliphatic rings. The Morgan fingerprint density at radius 1 is 1.44 bits per heavy atom. The van der Waals surface area contributed by atoms with Gasteiger partial charge in [-0.2, -0.15) is 0 Å². The standard InChI is InChI=1S/C21H30N2O4/c1-7-8-22-20(25)27-18-13(3)21(4)11-15-12(2)19(24)23(5)16(15)9-14(21)10-17(18)26-6/h9-10,13,17-18H,7-8,11H2,1-6H3,(H,22,25)/t13-,17?,18?,21+/m0/s1. The molecule has 1 heterocycles. The van der Waals surface area contributed by atoms with Crippen LogP contribution in [0, 0.1) is 11.3 Å². The third-order valence-electron chi connectivity index (χ3n) is 6.44. The minimum Gasteiger partial charge on any atom is -0.443 e. The van der Waals surface area contributed by atoms with E-state index in [9.17, 15) is 9.59 Å². The minimum absolute atomic E-state index is 0.0361. The molecule has 0 aromatic rings. The SMILES string of the molecule is CCCNC(=O)OC1C(OC)C=C2C=C3C(=C(C)C(=O)N3C)C[C@]2(C)[C@H]1C. The number of methoxy groups -OCH3 is 1. The van der Waals surface area contributed by atoms with Gasteiger partial charge in [-0.1, -0.05) is 20.8 Å². The van der Waals surface area contributed by atoms with Gasteiger partial charge in [0.05, 0.1) is 0 Å². The number of fused-ring (bicyclic) bond motifs is 2. The predicted molar refractivity (Wildman–Crippen MR) is 103 cm³/mol. The van der Waals surface area contributed by atoms with Gasteiger partial charge in [-0.05, 0) is 43.1 Å². The van der Waals surface area contributed by atoms with E-state index < -0.39 is 6.09 Å². The fraction of sp³-hybridized carbons (Fsp3) is 0.619. The first-order valence-electron chi connectivity index (χ1n) is 9.64. The Morgan fingerprint density at radius 3 is 2.78 bits per heavy atom. The summed E-state index contributed by atoms with van der Waals surface area (Å²) in [7, 11) is 3.45. The highest BCUT2D eigenvalue weighted by Gasteiger charge is 2.51. The summed E-state index contributed by atoms with van der Waals surface area (Å²) in [5.74, 6) is 0.0933. The molecule has 2 unspecified atom stereocenters. The molecule has 4 atom stereocenters. The summed E-state index contributed by atoms with van der Waals surface area (Å²) < 4.78 is 11.4. The summed E-state index contributed by atoms with van der Waals surface area (Å²) in [4.78, 5) is 26.3. The fourth-order valence-electron chi connectivity index (χ4n) is 4.42. The van der Waals surface area contributed by atoms with Crippen molar-refractivity contribution in [2.45, 2.75) is 52.7 Å². The van der Waals surface area contributed by atoms with Gasteiger partial charge >= 0.3 is 6.09 Å². The van der Waals surface area contributed by atoms with Crippen LogP contribution in [0.4, 0.5) is 4.79 Å². The molecule has 0 aromatic carbocycles. The van der Waals surface area contributed by atoms with Crippen molar-refractivity contribution in [3.63, 3.8) is 0 Å². The van der Waals surface area contributed by atoms with Crippen molar-refractivity contribution in [2.24, 2.45) is 11.3 Å². The Morgan fingerprint density at radius 2 is 2.15 bits per heavy atom. The number of likely N-dealkylation sites (N-methyl/N-ethyl adjacent to an activating group) is 1. The third kappa shape index (κ3) is 3.10. The maximum atomic E-state index is 12.4. The molecule has 3 rings (SSSR count). The lowest BCUT2D eigenvalue weighted by atomic mass is 9.59. The molecule has 27 heavy (non-hydrogen) atoms. The highest BCUT2D eigenvalue weighted by molar-refractivity contribution is 6.00. The molecule has 0 spiro atoms. The Balaban J connectivity index is 1.97. The monoisotopic (exact) mass is 374 g/mol. The van der Waals surface area contributed by atoms with Crippen LogP contribution in [0.2, 0.25) is 0 Å². The van der Waals surface area contributed by atoms with E-state index in [4.69, 9.17) is 9.47 Å². The van der Waals surface area contributed by atoms with Crippen LogP contribution in [0.1, 0.15) is 40.5 Å². The summed E-state index contributed by atoms with van der Waals surface area (Å²) in [6.07, 6.45) is 4.65. The first kappa shape index (κ1) is 19.7. The highest BCUT2D eigenvalue weighted by Crippen LogP contribution is 2.54. The van der Waals surface area contributed by atoms with Gasteiger partial charge in [0.1, 0.15) is 12.2 Å². The van der Waals surface area contributed by atoms with E-state index in [1.807, 2.05) is 27.0 Å². The number of hydrogen-bond acceptors (Lipinski definition) is 4. The van der Waals surface area contributed by atoms with Gasteiger partial charge in [-0.3, -0.25) is 4.79 Å². The van der Waals surface area contributed by atoms with Crippen molar-refractivity contribution < 1.29 is 19.1 Å². The number of carbonyl (C=O) groups is 2. The van der Waals surface area contributed by atoms with Crippen LogP contribution in [-0.4, -0.2) is 49.8 Å². The van der Waals surface area contributed by atoms with Crippen molar-refractivity contribution in [1.29, 1.82) is 0 Å². The van der Waals surface area contributed by atoms with E-state index in [2.05, 4.69) is 25.2 Å². The van der Waals surface area contributed by atoms with E-state index >= 15 is 0 Å². The summed E-state index contributed by atoms with van der Waals surface area (Å²) in [5.41, 5.74) is 3.80. The van der Waals surface area contributed by atoms with Crippen molar-refractivity contribution in [3.05, 3.63) is 34.6 Å². The van der Waals surface area contributed by atoms with Gasteiger partial charge in [0.25, 0.3) is 5.91 Å². The third-order valence-corrected chi connectivity index (χ3v) is 6.44. The Bertz CT molecular complexity index is 751. The number of allylic oxidation sites excluding steroid dienone is 3. The molecule has 148 valence electrons. The average molecular weight is 374 g/mol. The maximum absolute atomic E-state index is 12.4. The molecule has 1 N–H and O–H groups in total. The number of rotatable bonds is 4. The Labute approximate surface area is 161 Å². The number of nitrogens with zero attached hydrogens (tertiary/aromatic N) is 1. The molecule has 2 amide bonds. The normalized spacial score (nSPS) is 32.6. The largest absolute Gasteiger partial charge is 0.443 e. The zero-order chi connectivity index (χ0) is 19.9. The smallest absolute Gasteiger partial charge is 0.407 e. The number of amides is 2. The quantitative estimate of drug-likeness (QED) is 0.821. The summed E-state index contributed by atoms with van der Waals surface area (Å²) in [6, 6.07) is 0. The number of hydrogen-bond donors (Lipinski definition) is 1. The van der Waals surface area contributed by atoms with E-state index in [1.165, 1.54) is 0 Å². The number of ether oxygens (including phenoxy) is 2. The van der Waals surface area contributed by atoms with Crippen LogP contribution in [0.25, 0.3) is 0 Å². The summed E-state index contributed by atoms with van der Waals surface area (Å²) in [6.45, 7) is 8.77. The lowest BCUT2D eigenvalue weighted by Crippen LogP contribution is -2.50. The van der Waals surface area contributed by atoms with E-state index in [-0.39, 0.29) is 29.4 Å². The minimum atomic E-state index is -0.408. The van der Waals surface area contributed by atoms with Crippen LogP contribution in [-0.2, 0) is 14.3 Å². The number of alkyl carbamates (subject to hydrolysis) is 1. The van der Waals surface area contributed by atoms with Gasteiger partial charge in [-0.15, -0.1) is 0 Å². The number of carbonyl (C=O) groups excluding carboxylic acids is 2. The predicted octanol–water partition coefficient (Wildman–Crippen LogP) is 3.16. The molecule has 0 saturated carbocycles. The van der Waals surface area contributed by atoms with Gasteiger partial charge in [0, 0.05) is 43.3 Å². The Kier molecular flexibility index (Phi) is 5.21. The Hall–Kier alpha value is -2.08. The molecule has 0 fully saturated rings. The maximum Gasteiger partial charge on any atom is 0.407 e. The van der Waals surface area contributed by atoms with Crippen LogP contribution in [0.5, 0.6) is 0 Å². The van der Waals surface area contributed by atoms with Crippen LogP contribution in [0.15, 0.2) is 34.6 Å². The van der Waals surface area contributed by atoms with Gasteiger partial charge in [0.2, 0.25) is 0 Å². The van der Waals surface area contributed by atoms with Crippen LogP contribution in [0.3, 0.4) is 0 Å². The topological polar surface area (TPSA) is 67.9 Å².